The summed E-state index contributed by atoms with van der Waals surface area (Å²) in [6.45, 7) is 4.86. The lowest BCUT2D eigenvalue weighted by molar-refractivity contribution is 0.0693. The van der Waals surface area contributed by atoms with E-state index in [1.165, 1.54) is 6.07 Å². The third-order valence-electron chi connectivity index (χ3n) is 2.70. The first-order valence-electron chi connectivity index (χ1n) is 6.29. The summed E-state index contributed by atoms with van der Waals surface area (Å²) in [5, 5.41) is 3.34. The Balaban J connectivity index is 2.12. The quantitative estimate of drug-likeness (QED) is 0.688. The number of hydrogen-bond acceptors (Lipinski definition) is 3. The van der Waals surface area contributed by atoms with E-state index in [4.69, 9.17) is 9.47 Å². The molecule has 0 amide bonds. The molecule has 0 radical (unpaired) electrons. The highest BCUT2D eigenvalue weighted by Crippen LogP contribution is 2.12. The zero-order valence-corrected chi connectivity index (χ0v) is 11.1. The fourth-order valence-electron chi connectivity index (χ4n) is 1.63. The van der Waals surface area contributed by atoms with Crippen LogP contribution in [0.5, 0.6) is 0 Å². The second kappa shape index (κ2) is 9.03. The van der Waals surface area contributed by atoms with Gasteiger partial charge in [-0.25, -0.2) is 4.39 Å². The van der Waals surface area contributed by atoms with E-state index in [2.05, 4.69) is 5.32 Å². The van der Waals surface area contributed by atoms with Crippen molar-refractivity contribution in [1.29, 1.82) is 0 Å². The number of ether oxygens (including phenoxy) is 2. The molecule has 0 spiro atoms. The van der Waals surface area contributed by atoms with E-state index in [-0.39, 0.29) is 11.9 Å². The molecule has 1 aromatic carbocycles. The van der Waals surface area contributed by atoms with Gasteiger partial charge >= 0.3 is 0 Å². The summed E-state index contributed by atoms with van der Waals surface area (Å²) in [6, 6.07) is 6.83. The van der Waals surface area contributed by atoms with Gasteiger partial charge in [-0.2, -0.15) is 0 Å². The van der Waals surface area contributed by atoms with E-state index in [0.29, 0.717) is 19.8 Å². The van der Waals surface area contributed by atoms with Gasteiger partial charge in [-0.1, -0.05) is 12.1 Å². The molecule has 0 aliphatic heterocycles. The van der Waals surface area contributed by atoms with Crippen LogP contribution in [-0.2, 0) is 9.47 Å². The van der Waals surface area contributed by atoms with Gasteiger partial charge in [0, 0.05) is 19.8 Å². The summed E-state index contributed by atoms with van der Waals surface area (Å²) in [4.78, 5) is 0. The topological polar surface area (TPSA) is 30.5 Å². The van der Waals surface area contributed by atoms with Crippen LogP contribution in [0.3, 0.4) is 0 Å². The Morgan fingerprint density at radius 3 is 2.83 bits per heavy atom. The van der Waals surface area contributed by atoms with Crippen LogP contribution in [0.4, 0.5) is 4.39 Å². The fourth-order valence-corrected chi connectivity index (χ4v) is 1.63. The number of rotatable bonds is 9. The molecule has 0 saturated carbocycles. The van der Waals surface area contributed by atoms with Crippen molar-refractivity contribution >= 4 is 0 Å². The Morgan fingerprint density at radius 1 is 1.28 bits per heavy atom. The number of benzene rings is 1. The molecule has 0 heterocycles. The number of hydrogen-bond donors (Lipinski definition) is 1. The van der Waals surface area contributed by atoms with E-state index in [0.717, 1.165) is 18.5 Å². The van der Waals surface area contributed by atoms with E-state index in [9.17, 15) is 4.39 Å². The molecule has 3 nitrogen and oxygen atoms in total. The summed E-state index contributed by atoms with van der Waals surface area (Å²) in [5.41, 5.74) is 0.968. The highest BCUT2D eigenvalue weighted by atomic mass is 19.1. The summed E-state index contributed by atoms with van der Waals surface area (Å²) < 4.78 is 23.3. The minimum absolute atomic E-state index is 0.152. The molecular weight excluding hydrogens is 233 g/mol. The van der Waals surface area contributed by atoms with Crippen LogP contribution in [0.15, 0.2) is 24.3 Å². The summed E-state index contributed by atoms with van der Waals surface area (Å²) in [7, 11) is 1.66. The molecule has 102 valence electrons. The number of methoxy groups -OCH3 is 1. The number of halogens is 1. The van der Waals surface area contributed by atoms with Gasteiger partial charge in [0.2, 0.25) is 0 Å². The van der Waals surface area contributed by atoms with Gasteiger partial charge in [-0.3, -0.25) is 0 Å². The monoisotopic (exact) mass is 255 g/mol. The molecule has 1 rings (SSSR count). The standard InChI is InChI=1S/C14H22FNO2/c1-12(13-5-3-6-14(15)11-13)16-7-4-8-18-10-9-17-2/h3,5-6,11-12,16H,4,7-10H2,1-2H3/t12-/m1/s1. The average Bonchev–Trinajstić information content (AvgIpc) is 2.37. The molecular formula is C14H22FNO2. The van der Waals surface area contributed by atoms with Crippen molar-refractivity contribution in [2.75, 3.05) is 33.5 Å². The lowest BCUT2D eigenvalue weighted by Crippen LogP contribution is -2.21. The molecule has 0 unspecified atom stereocenters. The molecule has 0 fully saturated rings. The minimum Gasteiger partial charge on any atom is -0.382 e. The predicted octanol–water partition coefficient (Wildman–Crippen LogP) is 2.53. The van der Waals surface area contributed by atoms with Crippen LogP contribution in [0.25, 0.3) is 0 Å². The van der Waals surface area contributed by atoms with E-state index in [1.807, 2.05) is 13.0 Å². The van der Waals surface area contributed by atoms with Gasteiger partial charge in [0.15, 0.2) is 0 Å². The Morgan fingerprint density at radius 2 is 2.11 bits per heavy atom. The summed E-state index contributed by atoms with van der Waals surface area (Å²) in [6.07, 6.45) is 0.934. The van der Waals surface area contributed by atoms with Crippen molar-refractivity contribution in [1.82, 2.24) is 5.32 Å². The molecule has 18 heavy (non-hydrogen) atoms. The van der Waals surface area contributed by atoms with Crippen LogP contribution in [0.1, 0.15) is 24.9 Å². The first-order valence-corrected chi connectivity index (χ1v) is 6.29. The van der Waals surface area contributed by atoms with Gasteiger partial charge in [0.25, 0.3) is 0 Å². The van der Waals surface area contributed by atoms with Crippen molar-refractivity contribution < 1.29 is 13.9 Å². The van der Waals surface area contributed by atoms with Gasteiger partial charge < -0.3 is 14.8 Å². The summed E-state index contributed by atoms with van der Waals surface area (Å²) >= 11 is 0. The Labute approximate surface area is 108 Å². The molecule has 1 atom stereocenters. The van der Waals surface area contributed by atoms with Crippen molar-refractivity contribution in [3.8, 4) is 0 Å². The van der Waals surface area contributed by atoms with Crippen molar-refractivity contribution in [3.63, 3.8) is 0 Å². The largest absolute Gasteiger partial charge is 0.382 e. The normalized spacial score (nSPS) is 12.6. The first-order chi connectivity index (χ1) is 8.74. The van der Waals surface area contributed by atoms with Crippen LogP contribution in [-0.4, -0.2) is 33.5 Å². The molecule has 0 aromatic heterocycles. The molecule has 4 heteroatoms. The molecule has 0 saturated heterocycles. The van der Waals surface area contributed by atoms with Crippen molar-refractivity contribution in [2.45, 2.75) is 19.4 Å². The SMILES string of the molecule is COCCOCCCN[C@H](C)c1cccc(F)c1. The second-order valence-corrected chi connectivity index (χ2v) is 4.19. The van der Waals surface area contributed by atoms with Crippen molar-refractivity contribution in [3.05, 3.63) is 35.6 Å². The van der Waals surface area contributed by atoms with Gasteiger partial charge in [-0.15, -0.1) is 0 Å². The molecule has 0 aliphatic rings. The lowest BCUT2D eigenvalue weighted by Gasteiger charge is -2.14. The second-order valence-electron chi connectivity index (χ2n) is 4.19. The Kier molecular flexibility index (Phi) is 7.57. The third-order valence-corrected chi connectivity index (χ3v) is 2.70. The Hall–Kier alpha value is -0.970. The summed E-state index contributed by atoms with van der Waals surface area (Å²) in [5.74, 6) is -0.191. The molecule has 1 aromatic rings. The van der Waals surface area contributed by atoms with Crippen molar-refractivity contribution in [2.24, 2.45) is 0 Å². The lowest BCUT2D eigenvalue weighted by atomic mass is 10.1. The first kappa shape index (κ1) is 15.1. The zero-order chi connectivity index (χ0) is 13.2. The smallest absolute Gasteiger partial charge is 0.123 e. The van der Waals surface area contributed by atoms with E-state index < -0.39 is 0 Å². The third kappa shape index (κ3) is 6.10. The highest BCUT2D eigenvalue weighted by Gasteiger charge is 2.04. The van der Waals surface area contributed by atoms with E-state index in [1.54, 1.807) is 19.2 Å². The predicted molar refractivity (Wildman–Crippen MR) is 70.1 cm³/mol. The molecule has 0 bridgehead atoms. The fraction of sp³-hybridized carbons (Fsp3) is 0.571. The van der Waals surface area contributed by atoms with E-state index >= 15 is 0 Å². The average molecular weight is 255 g/mol. The molecule has 1 N–H and O–H groups in total. The van der Waals surface area contributed by atoms with Crippen LogP contribution in [0.2, 0.25) is 0 Å². The molecule has 0 aliphatic carbocycles. The Bertz CT molecular complexity index is 333. The maximum atomic E-state index is 13.0. The van der Waals surface area contributed by atoms with Gasteiger partial charge in [0.05, 0.1) is 13.2 Å². The zero-order valence-electron chi connectivity index (χ0n) is 11.1. The maximum absolute atomic E-state index is 13.0. The van der Waals surface area contributed by atoms with Crippen LogP contribution in [0, 0.1) is 5.82 Å². The van der Waals surface area contributed by atoms with Gasteiger partial charge in [0.1, 0.15) is 5.82 Å². The minimum atomic E-state index is -0.191. The highest BCUT2D eigenvalue weighted by molar-refractivity contribution is 5.19. The van der Waals surface area contributed by atoms with Crippen LogP contribution < -0.4 is 5.32 Å². The number of nitrogens with one attached hydrogen (secondary N) is 1. The van der Waals surface area contributed by atoms with Crippen LogP contribution >= 0.6 is 0 Å². The maximum Gasteiger partial charge on any atom is 0.123 e. The van der Waals surface area contributed by atoms with Gasteiger partial charge in [-0.05, 0) is 37.6 Å².